The van der Waals surface area contributed by atoms with E-state index in [2.05, 4.69) is 15.5 Å². The molecule has 1 aromatic carbocycles. The number of carbonyl (C=O) groups excluding carboxylic acids is 1. The number of fused-ring (bicyclic) bond motifs is 1. The van der Waals surface area contributed by atoms with Crippen LogP contribution in [0.4, 0.5) is 5.13 Å². The van der Waals surface area contributed by atoms with Crippen LogP contribution in [0.5, 0.6) is 5.75 Å². The lowest BCUT2D eigenvalue weighted by Gasteiger charge is -2.06. The molecular weight excluding hydrogens is 328 g/mol. The fraction of sp³-hybridized carbons (Fsp3) is 0.312. The Morgan fingerprint density at radius 1 is 1.33 bits per heavy atom. The number of methoxy groups -OCH3 is 1. The molecule has 3 aromatic rings. The molecule has 0 bridgehead atoms. The van der Waals surface area contributed by atoms with Crippen molar-refractivity contribution in [3.8, 4) is 5.75 Å². The third-order valence-electron chi connectivity index (χ3n) is 3.35. The number of nitrogens with one attached hydrogen (secondary N) is 1. The van der Waals surface area contributed by atoms with Gasteiger partial charge in [-0.15, -0.1) is 10.2 Å². The lowest BCUT2D eigenvalue weighted by Crippen LogP contribution is -2.18. The van der Waals surface area contributed by atoms with Crippen LogP contribution >= 0.6 is 11.3 Å². The van der Waals surface area contributed by atoms with Crippen molar-refractivity contribution in [2.75, 3.05) is 19.0 Å². The van der Waals surface area contributed by atoms with E-state index < -0.39 is 0 Å². The molecule has 0 saturated carbocycles. The van der Waals surface area contributed by atoms with Gasteiger partial charge in [0.15, 0.2) is 0 Å². The number of aromatic nitrogens is 3. The minimum Gasteiger partial charge on any atom is -0.494 e. The summed E-state index contributed by atoms with van der Waals surface area (Å²) in [6.07, 6.45) is 1.89. The summed E-state index contributed by atoms with van der Waals surface area (Å²) in [4.78, 5) is 12.2. The van der Waals surface area contributed by atoms with E-state index in [9.17, 15) is 4.79 Å². The van der Waals surface area contributed by atoms with Crippen molar-refractivity contribution in [3.63, 3.8) is 0 Å². The van der Waals surface area contributed by atoms with Crippen LogP contribution in [0.25, 0.3) is 10.9 Å². The third-order valence-corrected chi connectivity index (χ3v) is 4.16. The van der Waals surface area contributed by atoms with E-state index in [0.717, 1.165) is 21.7 Å². The topological polar surface area (TPSA) is 78.3 Å². The largest absolute Gasteiger partial charge is 0.494 e. The van der Waals surface area contributed by atoms with E-state index >= 15 is 0 Å². The van der Waals surface area contributed by atoms with Crippen molar-refractivity contribution in [2.45, 2.75) is 20.1 Å². The maximum absolute atomic E-state index is 12.2. The molecule has 1 N–H and O–H groups in total. The molecule has 0 saturated heterocycles. The predicted octanol–water partition coefficient (Wildman–Crippen LogP) is 2.68. The minimum atomic E-state index is -0.151. The number of anilines is 1. The van der Waals surface area contributed by atoms with Gasteiger partial charge in [-0.25, -0.2) is 0 Å². The molecule has 2 aromatic heterocycles. The molecule has 0 fully saturated rings. The standard InChI is InChI=1S/C16H18N4O3S/c1-3-23-12-4-5-13-11(8-12)6-7-20(13)9-14(21)17-16-19-18-15(24-16)10-22-2/h4-8H,3,9-10H2,1-2H3,(H,17,19,21). The van der Waals surface area contributed by atoms with Gasteiger partial charge in [0.1, 0.15) is 23.9 Å². The Bertz CT molecular complexity index is 843. The second-order valence-electron chi connectivity index (χ2n) is 5.08. The van der Waals surface area contributed by atoms with Crippen LogP contribution in [0.2, 0.25) is 0 Å². The highest BCUT2D eigenvalue weighted by Crippen LogP contribution is 2.22. The van der Waals surface area contributed by atoms with Gasteiger partial charge in [-0.2, -0.15) is 0 Å². The molecular formula is C16H18N4O3S. The Balaban J connectivity index is 1.68. The van der Waals surface area contributed by atoms with Crippen LogP contribution in [0.15, 0.2) is 30.5 Å². The van der Waals surface area contributed by atoms with Crippen molar-refractivity contribution in [3.05, 3.63) is 35.5 Å². The molecule has 0 radical (unpaired) electrons. The molecule has 0 spiro atoms. The summed E-state index contributed by atoms with van der Waals surface area (Å²) < 4.78 is 12.4. The van der Waals surface area contributed by atoms with Crippen molar-refractivity contribution >= 4 is 33.3 Å². The average Bonchev–Trinajstić information content (AvgIpc) is 3.15. The van der Waals surface area contributed by atoms with Crippen LogP contribution in [0.1, 0.15) is 11.9 Å². The molecule has 0 aliphatic rings. The molecule has 0 atom stereocenters. The predicted molar refractivity (Wildman–Crippen MR) is 92.4 cm³/mol. The second kappa shape index (κ2) is 7.41. The Labute approximate surface area is 143 Å². The first-order valence-electron chi connectivity index (χ1n) is 7.52. The molecule has 1 amide bonds. The summed E-state index contributed by atoms with van der Waals surface area (Å²) in [7, 11) is 1.59. The Hall–Kier alpha value is -2.45. The van der Waals surface area contributed by atoms with Gasteiger partial charge < -0.3 is 14.0 Å². The van der Waals surface area contributed by atoms with Crippen LogP contribution in [-0.2, 0) is 22.7 Å². The molecule has 126 valence electrons. The van der Waals surface area contributed by atoms with E-state index in [-0.39, 0.29) is 12.5 Å². The maximum atomic E-state index is 12.2. The normalized spacial score (nSPS) is 10.9. The first-order chi connectivity index (χ1) is 11.7. The SMILES string of the molecule is CCOc1ccc2c(ccn2CC(=O)Nc2nnc(COC)s2)c1. The fourth-order valence-electron chi connectivity index (χ4n) is 2.37. The van der Waals surface area contributed by atoms with Crippen LogP contribution in [-0.4, -0.2) is 34.4 Å². The van der Waals surface area contributed by atoms with Crippen LogP contribution in [0, 0.1) is 0 Å². The highest BCUT2D eigenvalue weighted by Gasteiger charge is 2.10. The van der Waals surface area contributed by atoms with Gasteiger partial charge in [0.2, 0.25) is 11.0 Å². The summed E-state index contributed by atoms with van der Waals surface area (Å²) in [6, 6.07) is 7.79. The van der Waals surface area contributed by atoms with Gasteiger partial charge in [0.25, 0.3) is 0 Å². The summed E-state index contributed by atoms with van der Waals surface area (Å²) in [6.45, 7) is 3.17. The highest BCUT2D eigenvalue weighted by atomic mass is 32.1. The number of benzene rings is 1. The molecule has 24 heavy (non-hydrogen) atoms. The summed E-state index contributed by atoms with van der Waals surface area (Å²) in [5.74, 6) is 0.674. The van der Waals surface area contributed by atoms with Gasteiger partial charge in [-0.05, 0) is 31.2 Å². The van der Waals surface area contributed by atoms with Gasteiger partial charge in [-0.3, -0.25) is 10.1 Å². The molecule has 0 unspecified atom stereocenters. The maximum Gasteiger partial charge on any atom is 0.246 e. The number of rotatable bonds is 7. The molecule has 7 nitrogen and oxygen atoms in total. The molecule has 2 heterocycles. The Morgan fingerprint density at radius 3 is 3.00 bits per heavy atom. The molecule has 0 aliphatic heterocycles. The van der Waals surface area contributed by atoms with Crippen LogP contribution < -0.4 is 10.1 Å². The highest BCUT2D eigenvalue weighted by molar-refractivity contribution is 7.15. The third kappa shape index (κ3) is 3.72. The summed E-state index contributed by atoms with van der Waals surface area (Å²) in [5.41, 5.74) is 0.978. The first kappa shape index (κ1) is 16.4. The molecule has 0 aliphatic carbocycles. The number of ether oxygens (including phenoxy) is 2. The van der Waals surface area contributed by atoms with Crippen molar-refractivity contribution in [2.24, 2.45) is 0 Å². The van der Waals surface area contributed by atoms with E-state index in [1.807, 2.05) is 42.0 Å². The number of hydrogen-bond donors (Lipinski definition) is 1. The van der Waals surface area contributed by atoms with E-state index in [1.165, 1.54) is 11.3 Å². The van der Waals surface area contributed by atoms with Crippen molar-refractivity contribution in [1.82, 2.24) is 14.8 Å². The van der Waals surface area contributed by atoms with E-state index in [0.29, 0.717) is 18.3 Å². The quantitative estimate of drug-likeness (QED) is 0.711. The van der Waals surface area contributed by atoms with E-state index in [1.54, 1.807) is 7.11 Å². The van der Waals surface area contributed by atoms with E-state index in [4.69, 9.17) is 9.47 Å². The zero-order valence-electron chi connectivity index (χ0n) is 13.5. The lowest BCUT2D eigenvalue weighted by molar-refractivity contribution is -0.116. The van der Waals surface area contributed by atoms with Gasteiger partial charge in [0, 0.05) is 24.2 Å². The van der Waals surface area contributed by atoms with Crippen molar-refractivity contribution in [1.29, 1.82) is 0 Å². The smallest absolute Gasteiger partial charge is 0.246 e. The fourth-order valence-corrected chi connectivity index (χ4v) is 3.10. The summed E-state index contributed by atoms with van der Waals surface area (Å²) >= 11 is 1.30. The molecule has 3 rings (SSSR count). The van der Waals surface area contributed by atoms with Gasteiger partial charge in [-0.1, -0.05) is 11.3 Å². The Morgan fingerprint density at radius 2 is 2.21 bits per heavy atom. The average molecular weight is 346 g/mol. The number of hydrogen-bond acceptors (Lipinski definition) is 6. The zero-order valence-corrected chi connectivity index (χ0v) is 14.3. The monoisotopic (exact) mass is 346 g/mol. The van der Waals surface area contributed by atoms with Gasteiger partial charge >= 0.3 is 0 Å². The van der Waals surface area contributed by atoms with Crippen molar-refractivity contribution < 1.29 is 14.3 Å². The second-order valence-corrected chi connectivity index (χ2v) is 6.14. The zero-order chi connectivity index (χ0) is 16.9. The minimum absolute atomic E-state index is 0.151. The summed E-state index contributed by atoms with van der Waals surface area (Å²) in [5, 5.41) is 12.9. The number of amides is 1. The number of carbonyl (C=O) groups is 1. The first-order valence-corrected chi connectivity index (χ1v) is 8.34. The lowest BCUT2D eigenvalue weighted by atomic mass is 10.2. The van der Waals surface area contributed by atoms with Crippen LogP contribution in [0.3, 0.4) is 0 Å². The number of nitrogens with zero attached hydrogens (tertiary/aromatic N) is 3. The Kier molecular flexibility index (Phi) is 5.07. The molecule has 8 heteroatoms. The van der Waals surface area contributed by atoms with Gasteiger partial charge in [0.05, 0.1) is 6.61 Å².